The molecule has 0 radical (unpaired) electrons. The molecule has 2 rings (SSSR count). The Bertz CT molecular complexity index is 610. The first kappa shape index (κ1) is 18.6. The number of benzene rings is 1. The first-order valence-corrected chi connectivity index (χ1v) is 8.56. The molecule has 3 unspecified atom stereocenters. The highest BCUT2D eigenvalue weighted by Crippen LogP contribution is 2.38. The van der Waals surface area contributed by atoms with Crippen molar-refractivity contribution >= 4 is 5.97 Å². The Hall–Kier alpha value is -1.75. The number of ether oxygens (including phenoxy) is 1. The number of hydrogen-bond donors (Lipinski definition) is 1. The molecule has 132 valence electrons. The number of quaternary nitrogens is 1. The number of esters is 1. The molecule has 1 aromatic rings. The fraction of sp³-hybridized carbons (Fsp3) is 0.632. The van der Waals surface area contributed by atoms with E-state index in [1.165, 1.54) is 12.7 Å². The van der Waals surface area contributed by atoms with E-state index < -0.39 is 17.0 Å². The summed E-state index contributed by atoms with van der Waals surface area (Å²) in [4.78, 5) is 25.3. The Morgan fingerprint density at radius 2 is 1.83 bits per heavy atom. The molecule has 1 saturated heterocycles. The molecular weight excluding hydrogens is 304 g/mol. The van der Waals surface area contributed by atoms with Crippen LogP contribution in [0.25, 0.3) is 0 Å². The van der Waals surface area contributed by atoms with E-state index in [0.29, 0.717) is 6.42 Å². The van der Waals surface area contributed by atoms with Crippen LogP contribution in [0.1, 0.15) is 52.6 Å². The number of nitroso groups, excluding NO2 is 1. The predicted octanol–water partition coefficient (Wildman–Crippen LogP) is 2.21. The predicted molar refractivity (Wildman–Crippen MR) is 92.5 cm³/mol. The molecule has 2 N–H and O–H groups in total. The monoisotopic (exact) mass is 334 g/mol. The minimum Gasteiger partial charge on any atom is -0.468 e. The summed E-state index contributed by atoms with van der Waals surface area (Å²) in [7, 11) is 1.39. The largest absolute Gasteiger partial charge is 0.468 e. The summed E-state index contributed by atoms with van der Waals surface area (Å²) in [5.41, 5.74) is -0.126. The molecule has 1 aliphatic heterocycles. The average molecular weight is 334 g/mol. The van der Waals surface area contributed by atoms with Crippen molar-refractivity contribution in [2.24, 2.45) is 5.92 Å². The molecule has 1 aromatic carbocycles. The molecule has 0 amide bonds. The maximum Gasteiger partial charge on any atom is 0.322 e. The smallest absolute Gasteiger partial charge is 0.322 e. The van der Waals surface area contributed by atoms with Gasteiger partial charge in [0.25, 0.3) is 0 Å². The maximum absolute atomic E-state index is 12.8. The topological polar surface area (TPSA) is 63.0 Å². The number of carbonyl (C=O) groups excluding carboxylic acids is 1. The van der Waals surface area contributed by atoms with Crippen LogP contribution in [0.5, 0.6) is 0 Å². The van der Waals surface area contributed by atoms with Crippen LogP contribution in [0.15, 0.2) is 30.3 Å². The van der Waals surface area contributed by atoms with E-state index in [2.05, 4.69) is 24.4 Å². The van der Waals surface area contributed by atoms with Crippen LogP contribution in [0, 0.1) is 10.8 Å². The Labute approximate surface area is 144 Å². The fourth-order valence-corrected chi connectivity index (χ4v) is 4.22. The molecule has 1 heterocycles. The highest BCUT2D eigenvalue weighted by molar-refractivity contribution is 5.74. The SMILES string of the molecule is COC(=O)C1C([NH2+]C(C)c2ccccc2)CC(C)(C)[N+](=O)C1(C)C. The highest BCUT2D eigenvalue weighted by atomic mass is 16.5. The van der Waals surface area contributed by atoms with Crippen molar-refractivity contribution in [2.75, 3.05) is 7.11 Å². The van der Waals surface area contributed by atoms with Crippen molar-refractivity contribution in [1.82, 2.24) is 0 Å². The van der Waals surface area contributed by atoms with Crippen molar-refractivity contribution in [3.05, 3.63) is 40.8 Å². The summed E-state index contributed by atoms with van der Waals surface area (Å²) in [6, 6.07) is 10.4. The summed E-state index contributed by atoms with van der Waals surface area (Å²) in [5, 5.41) is 2.22. The fourth-order valence-electron chi connectivity index (χ4n) is 4.22. The number of piperidine rings is 1. The zero-order valence-electron chi connectivity index (χ0n) is 15.6. The molecule has 5 nitrogen and oxygen atoms in total. The highest BCUT2D eigenvalue weighted by Gasteiger charge is 2.64. The van der Waals surface area contributed by atoms with E-state index >= 15 is 0 Å². The number of methoxy groups -OCH3 is 1. The van der Waals surface area contributed by atoms with Gasteiger partial charge in [0.2, 0.25) is 11.1 Å². The van der Waals surface area contributed by atoms with Gasteiger partial charge in [-0.25, -0.2) is 0 Å². The number of nitrogens with two attached hydrogens (primary N) is 1. The molecule has 0 saturated carbocycles. The van der Waals surface area contributed by atoms with Gasteiger partial charge >= 0.3 is 5.97 Å². The van der Waals surface area contributed by atoms with E-state index in [1.54, 1.807) is 0 Å². The van der Waals surface area contributed by atoms with Gasteiger partial charge in [-0.05, 0) is 6.92 Å². The molecule has 0 aromatic heterocycles. The second kappa shape index (κ2) is 6.63. The molecule has 5 heteroatoms. The second-order valence-corrected chi connectivity index (χ2v) is 8.02. The lowest BCUT2D eigenvalue weighted by Crippen LogP contribution is -2.95. The first-order chi connectivity index (χ1) is 11.1. The number of nitrogens with zero attached hydrogens (tertiary/aromatic N) is 1. The van der Waals surface area contributed by atoms with E-state index in [4.69, 9.17) is 4.74 Å². The van der Waals surface area contributed by atoms with Gasteiger partial charge in [0.1, 0.15) is 12.1 Å². The summed E-state index contributed by atoms with van der Waals surface area (Å²) < 4.78 is 6.12. The van der Waals surface area contributed by atoms with Gasteiger partial charge in [0.05, 0.1) is 13.5 Å². The van der Waals surface area contributed by atoms with Crippen LogP contribution in [-0.4, -0.2) is 35.0 Å². The quantitative estimate of drug-likeness (QED) is 0.678. The third-order valence-corrected chi connectivity index (χ3v) is 5.31. The zero-order chi connectivity index (χ0) is 18.1. The molecule has 1 aliphatic rings. The standard InChI is InChI=1S/C19H29N2O3/c1-13(14-10-8-7-9-11-14)20-15-12-18(2,3)21(23)19(4,5)16(15)17(22)24-6/h7-11,13,15-16,20H,12H2,1-6H3/q+1/p+1. The van der Waals surface area contributed by atoms with Gasteiger partial charge in [-0.15, -0.1) is 0 Å². The van der Waals surface area contributed by atoms with Crippen LogP contribution >= 0.6 is 0 Å². The van der Waals surface area contributed by atoms with Gasteiger partial charge in [0, 0.05) is 42.9 Å². The Kier molecular flexibility index (Phi) is 5.14. The average Bonchev–Trinajstić information content (AvgIpc) is 2.53. The second-order valence-electron chi connectivity index (χ2n) is 8.02. The molecule has 3 atom stereocenters. The summed E-state index contributed by atoms with van der Waals surface area (Å²) in [6.45, 7) is 9.72. The van der Waals surface area contributed by atoms with E-state index in [9.17, 15) is 9.70 Å². The van der Waals surface area contributed by atoms with Crippen LogP contribution < -0.4 is 5.32 Å². The molecule has 0 aliphatic carbocycles. The molecule has 24 heavy (non-hydrogen) atoms. The van der Waals surface area contributed by atoms with Crippen LogP contribution in [0.2, 0.25) is 0 Å². The third-order valence-electron chi connectivity index (χ3n) is 5.31. The lowest BCUT2D eigenvalue weighted by atomic mass is 9.70. The molecule has 0 bridgehead atoms. The van der Waals surface area contributed by atoms with E-state index in [-0.39, 0.29) is 18.1 Å². The third kappa shape index (κ3) is 3.36. The van der Waals surface area contributed by atoms with Crippen molar-refractivity contribution in [1.29, 1.82) is 0 Å². The molecular formula is C19H30N2O3+2. The lowest BCUT2D eigenvalue weighted by molar-refractivity contribution is -0.778. The molecule has 0 spiro atoms. The number of hydrogen-bond acceptors (Lipinski definition) is 3. The van der Waals surface area contributed by atoms with Crippen LogP contribution in [0.3, 0.4) is 0 Å². The molecule has 1 fully saturated rings. The van der Waals surface area contributed by atoms with Crippen molar-refractivity contribution in [3.63, 3.8) is 0 Å². The Morgan fingerprint density at radius 1 is 1.25 bits per heavy atom. The van der Waals surface area contributed by atoms with Crippen LogP contribution in [-0.2, 0) is 9.53 Å². The van der Waals surface area contributed by atoms with Gasteiger partial charge in [-0.3, -0.25) is 4.79 Å². The number of carbonyl (C=O) groups is 1. The zero-order valence-corrected chi connectivity index (χ0v) is 15.6. The van der Waals surface area contributed by atoms with Gasteiger partial charge < -0.3 is 10.1 Å². The minimum atomic E-state index is -0.813. The minimum absolute atomic E-state index is 0.0112. The summed E-state index contributed by atoms with van der Waals surface area (Å²) in [5.74, 6) is -0.781. The Balaban J connectivity index is 2.33. The number of rotatable bonds is 4. The van der Waals surface area contributed by atoms with E-state index in [1.807, 2.05) is 45.9 Å². The van der Waals surface area contributed by atoms with Crippen molar-refractivity contribution in [2.45, 2.75) is 64.2 Å². The van der Waals surface area contributed by atoms with Gasteiger partial charge in [0.15, 0.2) is 5.92 Å². The van der Waals surface area contributed by atoms with Crippen molar-refractivity contribution < 1.29 is 19.6 Å². The van der Waals surface area contributed by atoms with Gasteiger partial charge in [-0.2, -0.15) is 0 Å². The Morgan fingerprint density at radius 3 is 2.38 bits per heavy atom. The summed E-state index contributed by atoms with van der Waals surface area (Å²) in [6.07, 6.45) is 0.636. The van der Waals surface area contributed by atoms with E-state index in [0.717, 1.165) is 4.76 Å². The summed E-state index contributed by atoms with van der Waals surface area (Å²) >= 11 is 0. The van der Waals surface area contributed by atoms with Crippen LogP contribution in [0.4, 0.5) is 0 Å². The van der Waals surface area contributed by atoms with Gasteiger partial charge in [-0.1, -0.05) is 30.3 Å². The first-order valence-electron chi connectivity index (χ1n) is 8.56. The van der Waals surface area contributed by atoms with Crippen molar-refractivity contribution in [3.8, 4) is 0 Å². The normalized spacial score (nSPS) is 26.7. The lowest BCUT2D eigenvalue weighted by Gasteiger charge is -2.40. The maximum atomic E-state index is 12.8.